The fourth-order valence-corrected chi connectivity index (χ4v) is 9.07. The highest BCUT2D eigenvalue weighted by molar-refractivity contribution is 14.1. The summed E-state index contributed by atoms with van der Waals surface area (Å²) in [5, 5.41) is 11.3. The van der Waals surface area contributed by atoms with E-state index in [4.69, 9.17) is 6.42 Å². The van der Waals surface area contributed by atoms with E-state index in [-0.39, 0.29) is 37.0 Å². The van der Waals surface area contributed by atoms with Crippen LogP contribution in [0.4, 0.5) is 4.79 Å². The molecule has 4 N–H and O–H groups in total. The number of hydrogen-bond donors (Lipinski definition) is 4. The predicted octanol–water partition coefficient (Wildman–Crippen LogP) is 5.03. The Morgan fingerprint density at radius 3 is 2.04 bits per heavy atom. The van der Waals surface area contributed by atoms with Gasteiger partial charge in [0.1, 0.15) is 6.04 Å². The smallest absolute Gasteiger partial charge is 0.315 e. The minimum atomic E-state index is -3.59. The van der Waals surface area contributed by atoms with Crippen LogP contribution in [-0.2, 0) is 29.0 Å². The standard InChI is InChI=1S/C38H64IN5O7S/c1-10-12-18-28(29(45)32(46)40-23-11-2)41-33(47)31(39)44(24-27(5)26(3)4)34(48)30(37(9)19-16-17-20-37)42-35(49)43-38(21-14-13-15-22-38)25-52(50,51)36(6,7)8/h1,26-28,30-31H,11-25H2,2-9H3,(H,40,46)(H,41,47)(H2,42,43,49)/t27-,28?,30-,31-/m1/s1. The molecule has 0 bridgehead atoms. The highest BCUT2D eigenvalue weighted by Crippen LogP contribution is 2.42. The van der Waals surface area contributed by atoms with Crippen molar-refractivity contribution >= 4 is 62.0 Å². The van der Waals surface area contributed by atoms with Gasteiger partial charge in [-0.15, -0.1) is 12.3 Å². The molecule has 2 aliphatic carbocycles. The predicted molar refractivity (Wildman–Crippen MR) is 213 cm³/mol. The third kappa shape index (κ3) is 12.6. The van der Waals surface area contributed by atoms with E-state index in [1.54, 1.807) is 20.8 Å². The van der Waals surface area contributed by atoms with Crippen molar-refractivity contribution in [3.8, 4) is 12.3 Å². The number of nitrogens with zero attached hydrogens (tertiary/aromatic N) is 1. The lowest BCUT2D eigenvalue weighted by Gasteiger charge is -2.42. The Hall–Kier alpha value is -2.41. The van der Waals surface area contributed by atoms with E-state index in [1.165, 1.54) is 4.90 Å². The number of carbonyl (C=O) groups is 5. The van der Waals surface area contributed by atoms with Crippen molar-refractivity contribution in [3.05, 3.63) is 0 Å². The second-order valence-corrected chi connectivity index (χ2v) is 20.5. The molecule has 4 atom stereocenters. The van der Waals surface area contributed by atoms with Gasteiger partial charge in [0.05, 0.1) is 22.1 Å². The molecule has 0 radical (unpaired) electrons. The lowest BCUT2D eigenvalue weighted by molar-refractivity contribution is -0.143. The monoisotopic (exact) mass is 861 g/mol. The highest BCUT2D eigenvalue weighted by Gasteiger charge is 2.48. The van der Waals surface area contributed by atoms with Gasteiger partial charge in [0, 0.05) is 19.5 Å². The molecular weight excluding hydrogens is 797 g/mol. The van der Waals surface area contributed by atoms with E-state index in [0.717, 1.165) is 32.1 Å². The number of halogens is 1. The summed E-state index contributed by atoms with van der Waals surface area (Å²) in [5.41, 5.74) is -1.60. The van der Waals surface area contributed by atoms with Crippen LogP contribution in [0.3, 0.4) is 0 Å². The van der Waals surface area contributed by atoms with Crippen LogP contribution >= 0.6 is 22.6 Å². The van der Waals surface area contributed by atoms with Crippen LogP contribution in [0, 0.1) is 29.6 Å². The van der Waals surface area contributed by atoms with Gasteiger partial charge >= 0.3 is 6.03 Å². The Bertz CT molecular complexity index is 1410. The summed E-state index contributed by atoms with van der Waals surface area (Å²) >= 11 is 1.89. The average molecular weight is 862 g/mol. The molecule has 2 saturated carbocycles. The van der Waals surface area contributed by atoms with Crippen LogP contribution in [-0.4, -0.2) is 88.1 Å². The maximum Gasteiger partial charge on any atom is 0.315 e. The summed E-state index contributed by atoms with van der Waals surface area (Å²) in [6.45, 7) is 15.3. The van der Waals surface area contributed by atoms with Gasteiger partial charge in [-0.05, 0) is 99.1 Å². The number of ketones is 1. The van der Waals surface area contributed by atoms with Crippen molar-refractivity contribution in [2.24, 2.45) is 17.3 Å². The molecular formula is C38H64IN5O7S. The van der Waals surface area contributed by atoms with Gasteiger partial charge in [0.2, 0.25) is 11.7 Å². The maximum atomic E-state index is 14.9. The van der Waals surface area contributed by atoms with E-state index in [2.05, 4.69) is 27.2 Å². The molecule has 0 aromatic heterocycles. The summed E-state index contributed by atoms with van der Waals surface area (Å²) < 4.78 is 24.7. The lowest BCUT2D eigenvalue weighted by atomic mass is 9.79. The zero-order chi connectivity index (χ0) is 39.5. The first kappa shape index (κ1) is 45.7. The number of hydrogen-bond acceptors (Lipinski definition) is 7. The first-order valence-corrected chi connectivity index (χ1v) is 21.8. The molecule has 0 aliphatic heterocycles. The summed E-state index contributed by atoms with van der Waals surface area (Å²) in [6.07, 6.45) is 12.9. The van der Waals surface area contributed by atoms with E-state index in [9.17, 15) is 32.4 Å². The summed E-state index contributed by atoms with van der Waals surface area (Å²) in [4.78, 5) is 69.9. The van der Waals surface area contributed by atoms with Crippen LogP contribution in [0.15, 0.2) is 0 Å². The fraction of sp³-hybridized carbons (Fsp3) is 0.816. The van der Waals surface area contributed by atoms with Gasteiger partial charge in [-0.25, -0.2) is 13.2 Å². The van der Waals surface area contributed by atoms with Gasteiger partial charge < -0.3 is 26.2 Å². The number of sulfone groups is 1. The molecule has 14 heteroatoms. The van der Waals surface area contributed by atoms with Crippen molar-refractivity contribution in [2.45, 2.75) is 159 Å². The summed E-state index contributed by atoms with van der Waals surface area (Å²) in [6, 6.07) is -2.81. The number of urea groups is 1. The summed E-state index contributed by atoms with van der Waals surface area (Å²) in [5.74, 6) is -0.312. The van der Waals surface area contributed by atoms with Crippen LogP contribution < -0.4 is 21.3 Å². The minimum Gasteiger partial charge on any atom is -0.349 e. The molecule has 52 heavy (non-hydrogen) atoms. The molecule has 2 rings (SSSR count). The Balaban J connectivity index is 2.48. The topological polar surface area (TPSA) is 171 Å². The van der Waals surface area contributed by atoms with Crippen LogP contribution in [0.25, 0.3) is 0 Å². The molecule has 2 fully saturated rings. The number of carbonyl (C=O) groups excluding carboxylic acids is 5. The second kappa shape index (κ2) is 19.8. The molecule has 0 saturated heterocycles. The van der Waals surface area contributed by atoms with Gasteiger partial charge in [-0.3, -0.25) is 19.2 Å². The van der Waals surface area contributed by atoms with E-state index < -0.39 is 71.2 Å². The Labute approximate surface area is 326 Å². The number of alkyl halides is 1. The number of terminal acetylenes is 1. The quantitative estimate of drug-likeness (QED) is 0.0493. The molecule has 2 aliphatic rings. The van der Waals surface area contributed by atoms with Gasteiger partial charge in [-0.2, -0.15) is 0 Å². The van der Waals surface area contributed by atoms with Crippen molar-refractivity contribution in [1.82, 2.24) is 26.2 Å². The number of amides is 5. The third-order valence-electron chi connectivity index (χ3n) is 10.9. The van der Waals surface area contributed by atoms with Gasteiger partial charge in [-0.1, -0.05) is 66.7 Å². The van der Waals surface area contributed by atoms with Crippen LogP contribution in [0.2, 0.25) is 0 Å². The average Bonchev–Trinajstić information content (AvgIpc) is 3.52. The number of rotatable bonds is 18. The molecule has 12 nitrogen and oxygen atoms in total. The first-order valence-electron chi connectivity index (χ1n) is 18.9. The Kier molecular flexibility index (Phi) is 17.4. The highest BCUT2D eigenvalue weighted by atomic mass is 127. The Morgan fingerprint density at radius 1 is 0.942 bits per heavy atom. The van der Waals surface area contributed by atoms with E-state index in [1.807, 2.05) is 57.2 Å². The zero-order valence-corrected chi connectivity index (χ0v) is 35.6. The zero-order valence-electron chi connectivity index (χ0n) is 32.7. The molecule has 0 aromatic rings. The second-order valence-electron chi connectivity index (χ2n) is 16.6. The molecule has 0 aromatic carbocycles. The normalized spacial score (nSPS) is 19.3. The van der Waals surface area contributed by atoms with Crippen molar-refractivity contribution in [3.63, 3.8) is 0 Å². The Morgan fingerprint density at radius 2 is 1.52 bits per heavy atom. The van der Waals surface area contributed by atoms with E-state index >= 15 is 0 Å². The molecule has 296 valence electrons. The SMILES string of the molecule is C#CCCC(NC(=O)[C@H](I)N(C[C@@H](C)C(C)C)C(=O)[C@@H](NC(=O)NC1(CS(=O)(=O)C(C)(C)C)CCCCC1)C1(C)CCCC1)C(=O)C(=O)NCCC. The van der Waals surface area contributed by atoms with Gasteiger partial charge in [0.15, 0.2) is 13.9 Å². The fourth-order valence-electron chi connectivity index (χ4n) is 6.87. The van der Waals surface area contributed by atoms with Crippen molar-refractivity contribution in [1.29, 1.82) is 0 Å². The van der Waals surface area contributed by atoms with Crippen molar-refractivity contribution in [2.75, 3.05) is 18.8 Å². The lowest BCUT2D eigenvalue weighted by Crippen LogP contribution is -2.64. The van der Waals surface area contributed by atoms with E-state index in [0.29, 0.717) is 38.6 Å². The number of nitrogens with one attached hydrogen (secondary N) is 4. The van der Waals surface area contributed by atoms with Crippen LogP contribution in [0.1, 0.15) is 132 Å². The largest absolute Gasteiger partial charge is 0.349 e. The third-order valence-corrected chi connectivity index (χ3v) is 15.0. The summed E-state index contributed by atoms with van der Waals surface area (Å²) in [7, 11) is -3.59. The molecule has 1 unspecified atom stereocenters. The van der Waals surface area contributed by atoms with Gasteiger partial charge in [0.25, 0.3) is 11.8 Å². The maximum absolute atomic E-state index is 14.9. The first-order chi connectivity index (χ1) is 24.1. The van der Waals surface area contributed by atoms with Crippen molar-refractivity contribution < 1.29 is 32.4 Å². The van der Waals surface area contributed by atoms with Crippen LogP contribution in [0.5, 0.6) is 0 Å². The molecule has 0 spiro atoms. The molecule has 5 amide bonds. The molecule has 0 heterocycles. The number of Topliss-reactive ketones (excluding diaryl/α,β-unsaturated/α-hetero) is 1. The minimum absolute atomic E-state index is 0.0355.